The number of rotatable bonds is 5. The first-order chi connectivity index (χ1) is 11.7. The summed E-state index contributed by atoms with van der Waals surface area (Å²) in [6.07, 6.45) is 0.270. The standard InChI is InChI=1S/C21H28NO2P/c1-15-12-16(2)21(17(3)13-15)25(24,19-10-8-7-9-11-19)18(4)14-20(23)22(5)6/h7-13,18H,14H2,1-6H3/t18-,25+/m1/s1. The Morgan fingerprint density at radius 2 is 1.56 bits per heavy atom. The topological polar surface area (TPSA) is 37.4 Å². The van der Waals surface area contributed by atoms with Gasteiger partial charge in [0, 0.05) is 36.8 Å². The number of hydrogen-bond acceptors (Lipinski definition) is 2. The molecular weight excluding hydrogens is 329 g/mol. The van der Waals surface area contributed by atoms with Crippen molar-refractivity contribution in [1.29, 1.82) is 0 Å². The maximum atomic E-state index is 14.5. The van der Waals surface area contributed by atoms with E-state index in [1.54, 1.807) is 19.0 Å². The van der Waals surface area contributed by atoms with E-state index in [4.69, 9.17) is 0 Å². The molecule has 0 aliphatic heterocycles. The Labute approximate surface area is 151 Å². The normalized spacial score (nSPS) is 14.6. The number of benzene rings is 2. The molecule has 2 aromatic carbocycles. The van der Waals surface area contributed by atoms with Gasteiger partial charge in [0.05, 0.1) is 0 Å². The lowest BCUT2D eigenvalue weighted by atomic mass is 10.1. The molecule has 25 heavy (non-hydrogen) atoms. The first-order valence-corrected chi connectivity index (χ1v) is 10.4. The van der Waals surface area contributed by atoms with Gasteiger partial charge in [-0.25, -0.2) is 0 Å². The molecule has 3 nitrogen and oxygen atoms in total. The number of carbonyl (C=O) groups is 1. The first-order valence-electron chi connectivity index (χ1n) is 8.61. The van der Waals surface area contributed by atoms with Crippen molar-refractivity contribution >= 4 is 23.7 Å². The zero-order valence-corrected chi connectivity index (χ0v) is 16.9. The van der Waals surface area contributed by atoms with Crippen molar-refractivity contribution in [3.8, 4) is 0 Å². The number of aryl methyl sites for hydroxylation is 3. The van der Waals surface area contributed by atoms with Crippen LogP contribution in [-0.4, -0.2) is 30.6 Å². The van der Waals surface area contributed by atoms with E-state index in [2.05, 4.69) is 19.1 Å². The minimum Gasteiger partial charge on any atom is -0.349 e. The van der Waals surface area contributed by atoms with Gasteiger partial charge in [-0.1, -0.05) is 55.0 Å². The van der Waals surface area contributed by atoms with Crippen LogP contribution in [0.1, 0.15) is 30.0 Å². The van der Waals surface area contributed by atoms with Gasteiger partial charge in [-0.3, -0.25) is 4.79 Å². The van der Waals surface area contributed by atoms with E-state index in [0.717, 1.165) is 27.3 Å². The number of nitrogens with zero attached hydrogens (tertiary/aromatic N) is 1. The van der Waals surface area contributed by atoms with E-state index in [1.807, 2.05) is 51.1 Å². The Bertz CT molecular complexity index is 789. The molecule has 2 aromatic rings. The van der Waals surface area contributed by atoms with Gasteiger partial charge in [0.15, 0.2) is 0 Å². The predicted octanol–water partition coefficient (Wildman–Crippen LogP) is 3.79. The average molecular weight is 357 g/mol. The summed E-state index contributed by atoms with van der Waals surface area (Å²) in [6.45, 7) is 8.03. The summed E-state index contributed by atoms with van der Waals surface area (Å²) in [7, 11) is 0.531. The van der Waals surface area contributed by atoms with Crippen molar-refractivity contribution in [2.45, 2.75) is 39.8 Å². The highest BCUT2D eigenvalue weighted by Crippen LogP contribution is 2.51. The molecule has 0 bridgehead atoms. The fourth-order valence-electron chi connectivity index (χ4n) is 3.51. The molecule has 0 radical (unpaired) electrons. The van der Waals surface area contributed by atoms with Crippen LogP contribution in [0.15, 0.2) is 42.5 Å². The van der Waals surface area contributed by atoms with Gasteiger partial charge in [0.2, 0.25) is 5.91 Å². The largest absolute Gasteiger partial charge is 0.349 e. The molecule has 0 aliphatic rings. The van der Waals surface area contributed by atoms with Gasteiger partial charge in [0.1, 0.15) is 7.14 Å². The Balaban J connectivity index is 2.67. The number of amides is 1. The quantitative estimate of drug-likeness (QED) is 0.764. The summed E-state index contributed by atoms with van der Waals surface area (Å²) in [5, 5.41) is 1.73. The van der Waals surface area contributed by atoms with Gasteiger partial charge >= 0.3 is 0 Å². The zero-order valence-electron chi connectivity index (χ0n) is 16.0. The molecule has 0 heterocycles. The fraction of sp³-hybridized carbons (Fsp3) is 0.381. The van der Waals surface area contributed by atoms with Gasteiger partial charge in [-0.2, -0.15) is 0 Å². The SMILES string of the molecule is Cc1cc(C)c([P@@](=O)(c2ccccc2)[C@H](C)CC(=O)N(C)C)c(C)c1. The average Bonchev–Trinajstić information content (AvgIpc) is 2.54. The van der Waals surface area contributed by atoms with Gasteiger partial charge in [-0.05, 0) is 31.9 Å². The lowest BCUT2D eigenvalue weighted by Gasteiger charge is -2.29. The van der Waals surface area contributed by atoms with Crippen LogP contribution in [0.25, 0.3) is 0 Å². The summed E-state index contributed by atoms with van der Waals surface area (Å²) in [5.74, 6) is 0.00562. The summed E-state index contributed by atoms with van der Waals surface area (Å²) < 4.78 is 14.5. The van der Waals surface area contributed by atoms with Gasteiger partial charge < -0.3 is 9.46 Å². The van der Waals surface area contributed by atoms with Crippen LogP contribution in [0, 0.1) is 20.8 Å². The highest BCUT2D eigenvalue weighted by Gasteiger charge is 2.37. The number of carbonyl (C=O) groups excluding carboxylic acids is 1. The van der Waals surface area contributed by atoms with E-state index in [1.165, 1.54) is 0 Å². The third kappa shape index (κ3) is 3.88. The van der Waals surface area contributed by atoms with Crippen molar-refractivity contribution in [3.63, 3.8) is 0 Å². The van der Waals surface area contributed by atoms with Crippen LogP contribution in [0.2, 0.25) is 0 Å². The summed E-state index contributed by atoms with van der Waals surface area (Å²) in [6, 6.07) is 13.8. The van der Waals surface area contributed by atoms with Crippen LogP contribution in [0.5, 0.6) is 0 Å². The lowest BCUT2D eigenvalue weighted by Crippen LogP contribution is -2.32. The van der Waals surface area contributed by atoms with Crippen LogP contribution < -0.4 is 10.6 Å². The van der Waals surface area contributed by atoms with E-state index < -0.39 is 7.14 Å². The van der Waals surface area contributed by atoms with Crippen molar-refractivity contribution in [2.75, 3.05) is 14.1 Å². The first kappa shape index (κ1) is 19.5. The zero-order chi connectivity index (χ0) is 18.8. The smallest absolute Gasteiger partial charge is 0.222 e. The maximum Gasteiger partial charge on any atom is 0.222 e. The Kier molecular flexibility index (Phi) is 5.90. The molecule has 0 saturated carbocycles. The molecule has 0 N–H and O–H groups in total. The van der Waals surface area contributed by atoms with Crippen molar-refractivity contribution in [3.05, 3.63) is 59.2 Å². The monoisotopic (exact) mass is 357 g/mol. The van der Waals surface area contributed by atoms with Crippen LogP contribution >= 0.6 is 7.14 Å². The molecule has 0 fully saturated rings. The second-order valence-electron chi connectivity index (χ2n) is 7.08. The van der Waals surface area contributed by atoms with Crippen molar-refractivity contribution in [2.24, 2.45) is 0 Å². The molecule has 2 rings (SSSR count). The third-order valence-electron chi connectivity index (χ3n) is 4.70. The molecule has 2 atom stereocenters. The molecular formula is C21H28NO2P. The minimum atomic E-state index is -2.95. The molecule has 4 heteroatoms. The Morgan fingerprint density at radius 3 is 2.04 bits per heavy atom. The molecule has 1 amide bonds. The molecule has 0 unspecified atom stereocenters. The van der Waals surface area contributed by atoms with Crippen molar-refractivity contribution < 1.29 is 9.36 Å². The fourth-order valence-corrected chi connectivity index (χ4v) is 6.93. The van der Waals surface area contributed by atoms with E-state index in [0.29, 0.717) is 0 Å². The van der Waals surface area contributed by atoms with E-state index >= 15 is 0 Å². The third-order valence-corrected chi connectivity index (χ3v) is 8.56. The minimum absolute atomic E-state index is 0.00562. The molecule has 0 aliphatic carbocycles. The summed E-state index contributed by atoms with van der Waals surface area (Å²) >= 11 is 0. The van der Waals surface area contributed by atoms with Gasteiger partial charge in [-0.15, -0.1) is 0 Å². The Morgan fingerprint density at radius 1 is 1.04 bits per heavy atom. The predicted molar refractivity (Wildman–Crippen MR) is 107 cm³/mol. The molecule has 0 aromatic heterocycles. The van der Waals surface area contributed by atoms with Crippen LogP contribution in [-0.2, 0) is 9.36 Å². The van der Waals surface area contributed by atoms with E-state index in [-0.39, 0.29) is 18.0 Å². The lowest BCUT2D eigenvalue weighted by molar-refractivity contribution is -0.128. The van der Waals surface area contributed by atoms with Crippen LogP contribution in [0.4, 0.5) is 0 Å². The van der Waals surface area contributed by atoms with E-state index in [9.17, 15) is 9.36 Å². The highest BCUT2D eigenvalue weighted by atomic mass is 31.2. The summed E-state index contributed by atoms with van der Waals surface area (Å²) in [4.78, 5) is 13.9. The molecule has 134 valence electrons. The molecule has 0 saturated heterocycles. The van der Waals surface area contributed by atoms with Crippen LogP contribution in [0.3, 0.4) is 0 Å². The maximum absolute atomic E-state index is 14.5. The summed E-state index contributed by atoms with van der Waals surface area (Å²) in [5.41, 5.74) is 2.97. The molecule has 0 spiro atoms. The highest BCUT2D eigenvalue weighted by molar-refractivity contribution is 7.79. The second kappa shape index (κ2) is 7.58. The second-order valence-corrected chi connectivity index (χ2v) is 10.2. The van der Waals surface area contributed by atoms with Crippen molar-refractivity contribution in [1.82, 2.24) is 4.90 Å². The van der Waals surface area contributed by atoms with Gasteiger partial charge in [0.25, 0.3) is 0 Å². The Hall–Kier alpha value is -1.86. The number of hydrogen-bond donors (Lipinski definition) is 0.